The molecule has 0 bridgehead atoms. The number of pyridine rings is 1. The third-order valence-electron chi connectivity index (χ3n) is 2.76. The fraction of sp³-hybridized carbons (Fsp3) is 0.0667. The standard InChI is InChI=1S/C15H10F3NO2/c16-15(17,18)12-5-1-3-10(6-7-13(20)21)14(12)11-4-2-8-19-9-11/h1-9H,(H,20,21)/b7-6+. The molecule has 0 saturated heterocycles. The molecule has 0 spiro atoms. The van der Waals surface area contributed by atoms with E-state index in [2.05, 4.69) is 4.98 Å². The lowest BCUT2D eigenvalue weighted by Gasteiger charge is -2.15. The molecule has 0 unspecified atom stereocenters. The van der Waals surface area contributed by atoms with Crippen LogP contribution in [0.1, 0.15) is 11.1 Å². The van der Waals surface area contributed by atoms with E-state index in [1.165, 1.54) is 36.7 Å². The first-order valence-electron chi connectivity index (χ1n) is 5.91. The molecule has 108 valence electrons. The van der Waals surface area contributed by atoms with Gasteiger partial charge in [-0.25, -0.2) is 4.79 Å². The minimum absolute atomic E-state index is 0.0874. The van der Waals surface area contributed by atoms with Crippen LogP contribution in [0.2, 0.25) is 0 Å². The van der Waals surface area contributed by atoms with Crippen molar-refractivity contribution in [1.29, 1.82) is 0 Å². The van der Waals surface area contributed by atoms with Gasteiger partial charge in [0.2, 0.25) is 0 Å². The van der Waals surface area contributed by atoms with E-state index in [1.807, 2.05) is 0 Å². The number of aromatic nitrogens is 1. The van der Waals surface area contributed by atoms with Crippen LogP contribution in [0, 0.1) is 0 Å². The van der Waals surface area contributed by atoms with Crippen LogP contribution in [0.3, 0.4) is 0 Å². The van der Waals surface area contributed by atoms with Gasteiger partial charge in [-0.05, 0) is 23.8 Å². The molecule has 21 heavy (non-hydrogen) atoms. The average Bonchev–Trinajstić information content (AvgIpc) is 2.44. The molecule has 6 heteroatoms. The lowest BCUT2D eigenvalue weighted by Crippen LogP contribution is -2.08. The monoisotopic (exact) mass is 293 g/mol. The lowest BCUT2D eigenvalue weighted by molar-refractivity contribution is -0.137. The lowest BCUT2D eigenvalue weighted by atomic mass is 9.94. The van der Waals surface area contributed by atoms with Crippen LogP contribution in [-0.4, -0.2) is 16.1 Å². The zero-order chi connectivity index (χ0) is 15.5. The molecule has 0 aliphatic carbocycles. The molecule has 1 N–H and O–H groups in total. The number of hydrogen-bond acceptors (Lipinski definition) is 2. The van der Waals surface area contributed by atoms with E-state index in [0.29, 0.717) is 0 Å². The first-order chi connectivity index (χ1) is 9.89. The van der Waals surface area contributed by atoms with Crippen LogP contribution in [0.5, 0.6) is 0 Å². The minimum Gasteiger partial charge on any atom is -0.478 e. The maximum absolute atomic E-state index is 13.2. The summed E-state index contributed by atoms with van der Waals surface area (Å²) < 4.78 is 39.5. The van der Waals surface area contributed by atoms with Crippen LogP contribution in [0.15, 0.2) is 48.8 Å². The quantitative estimate of drug-likeness (QED) is 0.874. The molecule has 1 aromatic carbocycles. The van der Waals surface area contributed by atoms with Crippen LogP contribution in [0.25, 0.3) is 17.2 Å². The van der Waals surface area contributed by atoms with Crippen molar-refractivity contribution < 1.29 is 23.1 Å². The Labute approximate surface area is 118 Å². The summed E-state index contributed by atoms with van der Waals surface area (Å²) in [5.41, 5.74) is -0.477. The molecule has 0 aliphatic rings. The van der Waals surface area contributed by atoms with Crippen molar-refractivity contribution in [2.24, 2.45) is 0 Å². The number of nitrogens with zero attached hydrogens (tertiary/aromatic N) is 1. The second kappa shape index (κ2) is 5.78. The Morgan fingerprint density at radius 3 is 2.52 bits per heavy atom. The van der Waals surface area contributed by atoms with Crippen molar-refractivity contribution in [2.45, 2.75) is 6.18 Å². The smallest absolute Gasteiger partial charge is 0.417 e. The van der Waals surface area contributed by atoms with Crippen molar-refractivity contribution >= 4 is 12.0 Å². The molecule has 2 aromatic rings. The maximum atomic E-state index is 13.2. The number of hydrogen-bond donors (Lipinski definition) is 1. The highest BCUT2D eigenvalue weighted by Crippen LogP contribution is 2.39. The molecule has 0 amide bonds. The maximum Gasteiger partial charge on any atom is 0.417 e. The number of alkyl halides is 3. The van der Waals surface area contributed by atoms with Crippen molar-refractivity contribution in [1.82, 2.24) is 4.98 Å². The Morgan fingerprint density at radius 2 is 1.95 bits per heavy atom. The van der Waals surface area contributed by atoms with Crippen LogP contribution >= 0.6 is 0 Å². The molecule has 0 atom stereocenters. The first kappa shape index (κ1) is 14.8. The summed E-state index contributed by atoms with van der Waals surface area (Å²) in [7, 11) is 0. The van der Waals surface area contributed by atoms with Gasteiger partial charge in [0.15, 0.2) is 0 Å². The van der Waals surface area contributed by atoms with E-state index in [-0.39, 0.29) is 16.7 Å². The Balaban J connectivity index is 2.70. The highest BCUT2D eigenvalue weighted by Gasteiger charge is 2.34. The van der Waals surface area contributed by atoms with E-state index in [9.17, 15) is 18.0 Å². The predicted molar refractivity (Wildman–Crippen MR) is 71.3 cm³/mol. The zero-order valence-electron chi connectivity index (χ0n) is 10.6. The molecule has 0 radical (unpaired) electrons. The summed E-state index contributed by atoms with van der Waals surface area (Å²) in [5.74, 6) is -1.23. The molecule has 2 rings (SSSR count). The number of carbonyl (C=O) groups is 1. The van der Waals surface area contributed by atoms with Crippen LogP contribution in [-0.2, 0) is 11.0 Å². The number of halogens is 3. The number of benzene rings is 1. The van der Waals surface area contributed by atoms with E-state index >= 15 is 0 Å². The first-order valence-corrected chi connectivity index (χ1v) is 5.91. The fourth-order valence-corrected chi connectivity index (χ4v) is 1.94. The van der Waals surface area contributed by atoms with Gasteiger partial charge in [-0.15, -0.1) is 0 Å². The zero-order valence-corrected chi connectivity index (χ0v) is 10.6. The number of aliphatic carboxylic acids is 1. The van der Waals surface area contributed by atoms with Gasteiger partial charge in [-0.1, -0.05) is 18.2 Å². The Hall–Kier alpha value is -2.63. The normalized spacial score (nSPS) is 11.8. The highest BCUT2D eigenvalue weighted by atomic mass is 19.4. The topological polar surface area (TPSA) is 50.2 Å². The van der Waals surface area contributed by atoms with E-state index < -0.39 is 17.7 Å². The van der Waals surface area contributed by atoms with Gasteiger partial charge < -0.3 is 5.11 Å². The average molecular weight is 293 g/mol. The van der Waals surface area contributed by atoms with E-state index in [4.69, 9.17) is 5.11 Å². The highest BCUT2D eigenvalue weighted by molar-refractivity contribution is 5.88. The third-order valence-corrected chi connectivity index (χ3v) is 2.76. The second-order valence-electron chi connectivity index (χ2n) is 4.18. The Morgan fingerprint density at radius 1 is 1.19 bits per heavy atom. The number of carboxylic acid groups (broad SMARTS) is 1. The second-order valence-corrected chi connectivity index (χ2v) is 4.18. The van der Waals surface area contributed by atoms with E-state index in [1.54, 1.807) is 0 Å². The molecule has 0 aliphatic heterocycles. The summed E-state index contributed by atoms with van der Waals surface area (Å²) in [5, 5.41) is 8.64. The Kier molecular flexibility index (Phi) is 4.07. The summed E-state index contributed by atoms with van der Waals surface area (Å²) in [6.45, 7) is 0. The van der Waals surface area contributed by atoms with Crippen LogP contribution < -0.4 is 0 Å². The minimum atomic E-state index is -4.54. The SMILES string of the molecule is O=C(O)/C=C/c1cccc(C(F)(F)F)c1-c1cccnc1. The van der Waals surface area contributed by atoms with Gasteiger partial charge in [0, 0.05) is 29.6 Å². The van der Waals surface area contributed by atoms with Gasteiger partial charge in [0.05, 0.1) is 5.56 Å². The van der Waals surface area contributed by atoms with E-state index in [0.717, 1.165) is 18.2 Å². The fourth-order valence-electron chi connectivity index (χ4n) is 1.94. The van der Waals surface area contributed by atoms with Gasteiger partial charge in [0.1, 0.15) is 0 Å². The molecule has 0 fully saturated rings. The molecular weight excluding hydrogens is 283 g/mol. The molecule has 1 aromatic heterocycles. The Bertz CT molecular complexity index is 679. The van der Waals surface area contributed by atoms with Gasteiger partial charge in [-0.2, -0.15) is 13.2 Å². The van der Waals surface area contributed by atoms with Gasteiger partial charge in [0.25, 0.3) is 0 Å². The van der Waals surface area contributed by atoms with Gasteiger partial charge >= 0.3 is 12.1 Å². The number of rotatable bonds is 3. The van der Waals surface area contributed by atoms with Crippen molar-refractivity contribution in [3.63, 3.8) is 0 Å². The van der Waals surface area contributed by atoms with Crippen molar-refractivity contribution in [2.75, 3.05) is 0 Å². The van der Waals surface area contributed by atoms with Crippen molar-refractivity contribution in [3.05, 3.63) is 59.9 Å². The summed E-state index contributed by atoms with van der Waals surface area (Å²) in [6, 6.07) is 6.64. The summed E-state index contributed by atoms with van der Waals surface area (Å²) in [6.07, 6.45) is 0.155. The molecule has 1 heterocycles. The van der Waals surface area contributed by atoms with Crippen LogP contribution in [0.4, 0.5) is 13.2 Å². The largest absolute Gasteiger partial charge is 0.478 e. The molecule has 3 nitrogen and oxygen atoms in total. The molecule has 0 saturated carbocycles. The summed E-state index contributed by atoms with van der Waals surface area (Å²) >= 11 is 0. The van der Waals surface area contributed by atoms with Gasteiger partial charge in [-0.3, -0.25) is 4.98 Å². The predicted octanol–water partition coefficient (Wildman–Crippen LogP) is 3.87. The third kappa shape index (κ3) is 3.47. The van der Waals surface area contributed by atoms with Crippen molar-refractivity contribution in [3.8, 4) is 11.1 Å². The number of carboxylic acids is 1. The molecular formula is C15H10F3NO2. The summed E-state index contributed by atoms with van der Waals surface area (Å²) in [4.78, 5) is 14.4.